The summed E-state index contributed by atoms with van der Waals surface area (Å²) >= 11 is 0. The Morgan fingerprint density at radius 1 is 0.962 bits per heavy atom. The monoisotopic (exact) mass is 352 g/mol. The molecule has 134 valence electrons. The van der Waals surface area contributed by atoms with Crippen LogP contribution >= 0.6 is 0 Å². The van der Waals surface area contributed by atoms with Gasteiger partial charge in [-0.05, 0) is 31.0 Å². The lowest BCUT2D eigenvalue weighted by molar-refractivity contribution is -0.118. The summed E-state index contributed by atoms with van der Waals surface area (Å²) in [5.41, 5.74) is 6.91. The van der Waals surface area contributed by atoms with E-state index in [1.54, 1.807) is 36.4 Å². The number of imide groups is 1. The van der Waals surface area contributed by atoms with Crippen molar-refractivity contribution in [2.75, 3.05) is 10.6 Å². The quantitative estimate of drug-likeness (QED) is 0.607. The van der Waals surface area contributed by atoms with E-state index in [9.17, 15) is 19.5 Å². The zero-order valence-electron chi connectivity index (χ0n) is 14.2. The third kappa shape index (κ3) is 3.50. The van der Waals surface area contributed by atoms with E-state index in [-0.39, 0.29) is 29.8 Å². The molecule has 2 aromatic carbocycles. The van der Waals surface area contributed by atoms with E-state index in [1.165, 1.54) is 12.1 Å². The van der Waals surface area contributed by atoms with Gasteiger partial charge >= 0.3 is 0 Å². The molecule has 2 aromatic rings. The molecule has 0 aromatic heterocycles. The lowest BCUT2D eigenvalue weighted by atomic mass is 9.97. The number of carbonyl (C=O) groups excluding carboxylic acids is 3. The SMILES string of the molecule is Nc1ccccc1N1C(=O)CCCC(O)CC(=O)c2ccccc2C1=O. The number of fused-ring (bicyclic) bond motifs is 1. The Morgan fingerprint density at radius 3 is 2.35 bits per heavy atom. The summed E-state index contributed by atoms with van der Waals surface area (Å²) < 4.78 is 0. The van der Waals surface area contributed by atoms with Crippen LogP contribution in [0.2, 0.25) is 0 Å². The van der Waals surface area contributed by atoms with Gasteiger partial charge in [0.05, 0.1) is 23.0 Å². The van der Waals surface area contributed by atoms with Crippen molar-refractivity contribution >= 4 is 29.0 Å². The predicted molar refractivity (Wildman–Crippen MR) is 97.9 cm³/mol. The fraction of sp³-hybridized carbons (Fsp3) is 0.250. The molecule has 6 nitrogen and oxygen atoms in total. The molecule has 1 aliphatic rings. The molecule has 2 amide bonds. The third-order valence-corrected chi connectivity index (χ3v) is 4.44. The third-order valence-electron chi connectivity index (χ3n) is 4.44. The van der Waals surface area contributed by atoms with E-state index in [1.807, 2.05) is 0 Å². The molecule has 0 bridgehead atoms. The first kappa shape index (κ1) is 17.8. The molecule has 3 N–H and O–H groups in total. The molecule has 1 heterocycles. The van der Waals surface area contributed by atoms with Gasteiger partial charge in [0.15, 0.2) is 5.78 Å². The minimum absolute atomic E-state index is 0.0769. The van der Waals surface area contributed by atoms with Crippen LogP contribution < -0.4 is 10.6 Å². The first-order valence-corrected chi connectivity index (χ1v) is 8.51. The molecule has 0 spiro atoms. The summed E-state index contributed by atoms with van der Waals surface area (Å²) in [5, 5.41) is 10.0. The van der Waals surface area contributed by atoms with Gasteiger partial charge in [-0.1, -0.05) is 30.3 Å². The van der Waals surface area contributed by atoms with E-state index in [2.05, 4.69) is 0 Å². The Bertz CT molecular complexity index is 862. The summed E-state index contributed by atoms with van der Waals surface area (Å²) in [6.45, 7) is 0. The number of amides is 2. The maximum absolute atomic E-state index is 13.2. The second kappa shape index (κ2) is 7.49. The predicted octanol–water partition coefficient (Wildman–Crippen LogP) is 2.56. The van der Waals surface area contributed by atoms with Gasteiger partial charge in [0.2, 0.25) is 5.91 Å². The minimum Gasteiger partial charge on any atom is -0.397 e. The van der Waals surface area contributed by atoms with E-state index in [0.717, 1.165) is 4.90 Å². The van der Waals surface area contributed by atoms with Gasteiger partial charge in [-0.2, -0.15) is 0 Å². The van der Waals surface area contributed by atoms with Gasteiger partial charge in [0, 0.05) is 18.4 Å². The highest BCUT2D eigenvalue weighted by atomic mass is 16.3. The Morgan fingerprint density at radius 2 is 1.62 bits per heavy atom. The van der Waals surface area contributed by atoms with Gasteiger partial charge in [-0.15, -0.1) is 0 Å². The van der Waals surface area contributed by atoms with Crippen molar-refractivity contribution in [3.05, 3.63) is 59.7 Å². The molecule has 0 fully saturated rings. The van der Waals surface area contributed by atoms with E-state index in [4.69, 9.17) is 5.73 Å². The Balaban J connectivity index is 2.14. The lowest BCUT2D eigenvalue weighted by Crippen LogP contribution is -2.38. The van der Waals surface area contributed by atoms with Crippen LogP contribution in [0.15, 0.2) is 48.5 Å². The zero-order valence-corrected chi connectivity index (χ0v) is 14.2. The van der Waals surface area contributed by atoms with E-state index in [0.29, 0.717) is 24.2 Å². The molecule has 1 atom stereocenters. The van der Waals surface area contributed by atoms with Crippen molar-refractivity contribution < 1.29 is 19.5 Å². The van der Waals surface area contributed by atoms with Crippen LogP contribution in [0.4, 0.5) is 11.4 Å². The number of hydrogen-bond donors (Lipinski definition) is 2. The van der Waals surface area contributed by atoms with Crippen LogP contribution in [0, 0.1) is 0 Å². The Hall–Kier alpha value is -2.99. The molecule has 6 heteroatoms. The normalized spacial score (nSPS) is 19.0. The molecule has 1 unspecified atom stereocenters. The van der Waals surface area contributed by atoms with Crippen molar-refractivity contribution in [2.45, 2.75) is 31.8 Å². The summed E-state index contributed by atoms with van der Waals surface area (Å²) in [4.78, 5) is 39.6. The maximum atomic E-state index is 13.2. The summed E-state index contributed by atoms with van der Waals surface area (Å²) in [6, 6.07) is 13.0. The fourth-order valence-corrected chi connectivity index (χ4v) is 3.11. The molecular weight excluding hydrogens is 332 g/mol. The van der Waals surface area contributed by atoms with Crippen LogP contribution in [0.25, 0.3) is 0 Å². The van der Waals surface area contributed by atoms with E-state index >= 15 is 0 Å². The number of nitrogens with two attached hydrogens (primary N) is 1. The summed E-state index contributed by atoms with van der Waals surface area (Å²) in [6.07, 6.45) is -0.155. The summed E-state index contributed by atoms with van der Waals surface area (Å²) in [7, 11) is 0. The van der Waals surface area contributed by atoms with Crippen molar-refractivity contribution in [1.29, 1.82) is 0 Å². The molecular formula is C20H20N2O4. The number of Topliss-reactive ketones (excluding diaryl/α,β-unsaturated/α-hetero) is 1. The number of nitrogen functional groups attached to an aromatic ring is 1. The van der Waals surface area contributed by atoms with Gasteiger partial charge < -0.3 is 10.8 Å². The number of carbonyl (C=O) groups is 3. The fourth-order valence-electron chi connectivity index (χ4n) is 3.11. The number of ketones is 1. The molecule has 0 radical (unpaired) electrons. The Kier molecular flexibility index (Phi) is 5.14. The molecule has 0 saturated carbocycles. The number of benzene rings is 2. The van der Waals surface area contributed by atoms with Gasteiger partial charge in [-0.25, -0.2) is 4.90 Å². The van der Waals surface area contributed by atoms with E-state index < -0.39 is 17.9 Å². The van der Waals surface area contributed by atoms with Gasteiger partial charge in [0.25, 0.3) is 5.91 Å². The number of rotatable bonds is 1. The molecule has 0 aliphatic carbocycles. The number of aliphatic hydroxyl groups excluding tert-OH is 1. The smallest absolute Gasteiger partial charge is 0.265 e. The Labute approximate surface area is 151 Å². The topological polar surface area (TPSA) is 101 Å². The first-order chi connectivity index (χ1) is 12.5. The van der Waals surface area contributed by atoms with Crippen molar-refractivity contribution in [3.63, 3.8) is 0 Å². The van der Waals surface area contributed by atoms with Crippen molar-refractivity contribution in [2.24, 2.45) is 0 Å². The highest BCUT2D eigenvalue weighted by Crippen LogP contribution is 2.28. The summed E-state index contributed by atoms with van der Waals surface area (Å²) in [5.74, 6) is -1.32. The largest absolute Gasteiger partial charge is 0.397 e. The highest BCUT2D eigenvalue weighted by molar-refractivity contribution is 6.24. The van der Waals surface area contributed by atoms with Crippen molar-refractivity contribution in [1.82, 2.24) is 0 Å². The number of hydrogen-bond acceptors (Lipinski definition) is 5. The van der Waals surface area contributed by atoms with Crippen molar-refractivity contribution in [3.8, 4) is 0 Å². The zero-order chi connectivity index (χ0) is 18.7. The van der Waals surface area contributed by atoms with Crippen LogP contribution in [-0.4, -0.2) is 28.8 Å². The average molecular weight is 352 g/mol. The number of anilines is 2. The molecule has 26 heavy (non-hydrogen) atoms. The van der Waals surface area contributed by atoms with Crippen LogP contribution in [0.1, 0.15) is 46.4 Å². The molecule has 0 saturated heterocycles. The molecule has 3 rings (SSSR count). The number of nitrogens with zero attached hydrogens (tertiary/aromatic N) is 1. The van der Waals surface area contributed by atoms with Gasteiger partial charge in [0.1, 0.15) is 0 Å². The minimum atomic E-state index is -0.841. The maximum Gasteiger partial charge on any atom is 0.265 e. The first-order valence-electron chi connectivity index (χ1n) is 8.51. The molecule has 1 aliphatic heterocycles. The standard InChI is InChI=1S/C20H20N2O4/c21-16-9-3-4-10-17(16)22-19(25)11-5-6-13(23)12-18(24)14-7-1-2-8-15(14)20(22)26/h1-4,7-10,13,23H,5-6,11-12,21H2. The number of para-hydroxylation sites is 2. The van der Waals surface area contributed by atoms with Crippen LogP contribution in [-0.2, 0) is 4.79 Å². The lowest BCUT2D eigenvalue weighted by Gasteiger charge is -2.23. The highest BCUT2D eigenvalue weighted by Gasteiger charge is 2.30. The van der Waals surface area contributed by atoms with Crippen LogP contribution in [0.5, 0.6) is 0 Å². The second-order valence-corrected chi connectivity index (χ2v) is 6.31. The average Bonchev–Trinajstić information content (AvgIpc) is 2.64. The van der Waals surface area contributed by atoms with Gasteiger partial charge in [-0.3, -0.25) is 14.4 Å². The number of aliphatic hydroxyl groups is 1. The van der Waals surface area contributed by atoms with Crippen LogP contribution in [0.3, 0.4) is 0 Å². The second-order valence-electron chi connectivity index (χ2n) is 6.31.